The van der Waals surface area contributed by atoms with E-state index in [1.807, 2.05) is 0 Å². The predicted octanol–water partition coefficient (Wildman–Crippen LogP) is 4.20. The highest BCUT2D eigenvalue weighted by atomic mass is 79.9. The van der Waals surface area contributed by atoms with Gasteiger partial charge in [0.05, 0.1) is 27.3 Å². The molecule has 0 N–H and O–H groups in total. The quantitative estimate of drug-likeness (QED) is 0.160. The minimum atomic E-state index is -0.836. The number of esters is 1. The first kappa shape index (κ1) is 22.0. The summed E-state index contributed by atoms with van der Waals surface area (Å²) in [5.41, 5.74) is 0.130. The molecule has 3 aromatic rings. The minimum Gasteiger partial charge on any atom is -0.454 e. The SMILES string of the molecule is O=C(COC(=O)c1ccc2c(c1)C(=O)N(c1cccc([N+](=O)[O-])c1)C2=O)c1ccc(Br)cc1. The molecule has 0 spiro atoms. The van der Waals surface area contributed by atoms with Crippen LogP contribution in [-0.4, -0.2) is 35.1 Å². The summed E-state index contributed by atoms with van der Waals surface area (Å²) in [6, 6.07) is 15.5. The number of rotatable bonds is 6. The summed E-state index contributed by atoms with van der Waals surface area (Å²) in [6.45, 7) is -0.496. The maximum atomic E-state index is 12.9. The van der Waals surface area contributed by atoms with Gasteiger partial charge in [-0.2, -0.15) is 0 Å². The highest BCUT2D eigenvalue weighted by Crippen LogP contribution is 2.31. The summed E-state index contributed by atoms with van der Waals surface area (Å²) in [5, 5.41) is 11.0. The number of anilines is 1. The van der Waals surface area contributed by atoms with Crippen LogP contribution in [0.5, 0.6) is 0 Å². The highest BCUT2D eigenvalue weighted by Gasteiger charge is 2.37. The molecular weight excluding hydrogens is 496 g/mol. The van der Waals surface area contributed by atoms with E-state index < -0.39 is 35.1 Å². The fourth-order valence-corrected chi connectivity index (χ4v) is 3.55. The molecule has 0 radical (unpaired) electrons. The third-order valence-corrected chi connectivity index (χ3v) is 5.45. The van der Waals surface area contributed by atoms with Gasteiger partial charge in [-0.3, -0.25) is 24.5 Å². The van der Waals surface area contributed by atoms with Crippen LogP contribution in [0.1, 0.15) is 41.4 Å². The molecule has 1 aliphatic rings. The topological polar surface area (TPSA) is 124 Å². The van der Waals surface area contributed by atoms with Gasteiger partial charge in [0.25, 0.3) is 17.5 Å². The zero-order valence-corrected chi connectivity index (χ0v) is 18.3. The molecule has 0 atom stereocenters. The van der Waals surface area contributed by atoms with Crippen molar-refractivity contribution in [2.24, 2.45) is 0 Å². The highest BCUT2D eigenvalue weighted by molar-refractivity contribution is 9.10. The lowest BCUT2D eigenvalue weighted by Crippen LogP contribution is -2.29. The second-order valence-corrected chi connectivity index (χ2v) is 7.90. The van der Waals surface area contributed by atoms with Gasteiger partial charge in [-0.15, -0.1) is 0 Å². The fraction of sp³-hybridized carbons (Fsp3) is 0.0435. The largest absolute Gasteiger partial charge is 0.454 e. The van der Waals surface area contributed by atoms with E-state index in [1.165, 1.54) is 36.4 Å². The van der Waals surface area contributed by atoms with Crippen molar-refractivity contribution in [3.05, 3.63) is 104 Å². The lowest BCUT2D eigenvalue weighted by atomic mass is 10.1. The molecule has 3 aromatic carbocycles. The van der Waals surface area contributed by atoms with E-state index >= 15 is 0 Å². The monoisotopic (exact) mass is 508 g/mol. The molecule has 0 aromatic heterocycles. The number of amides is 2. The van der Waals surface area contributed by atoms with E-state index in [0.29, 0.717) is 5.56 Å². The van der Waals surface area contributed by atoms with Gasteiger partial charge in [-0.1, -0.05) is 34.1 Å². The van der Waals surface area contributed by atoms with Crippen LogP contribution in [0, 0.1) is 10.1 Å². The molecule has 0 unspecified atom stereocenters. The number of non-ortho nitro benzene ring substituents is 1. The number of nitro groups is 1. The first-order chi connectivity index (χ1) is 15.8. The molecule has 0 aliphatic carbocycles. The zero-order valence-electron chi connectivity index (χ0n) is 16.7. The smallest absolute Gasteiger partial charge is 0.338 e. The number of benzene rings is 3. The van der Waals surface area contributed by atoms with Crippen LogP contribution < -0.4 is 4.90 Å². The van der Waals surface area contributed by atoms with E-state index in [1.54, 1.807) is 24.3 Å². The zero-order chi connectivity index (χ0) is 23.7. The number of hydrogen-bond donors (Lipinski definition) is 0. The minimum absolute atomic E-state index is 0.0144. The van der Waals surface area contributed by atoms with Gasteiger partial charge in [0.15, 0.2) is 12.4 Å². The van der Waals surface area contributed by atoms with Crippen molar-refractivity contribution in [1.82, 2.24) is 0 Å². The lowest BCUT2D eigenvalue weighted by molar-refractivity contribution is -0.384. The lowest BCUT2D eigenvalue weighted by Gasteiger charge is -2.13. The summed E-state index contributed by atoms with van der Waals surface area (Å²) in [4.78, 5) is 61.4. The normalized spacial score (nSPS) is 12.5. The predicted molar refractivity (Wildman–Crippen MR) is 119 cm³/mol. The number of ether oxygens (including phenoxy) is 1. The van der Waals surface area contributed by atoms with Crippen LogP contribution in [0.2, 0.25) is 0 Å². The van der Waals surface area contributed by atoms with Gasteiger partial charge in [-0.05, 0) is 36.4 Å². The number of ketones is 1. The van der Waals surface area contributed by atoms with Crippen LogP contribution in [0.25, 0.3) is 0 Å². The van der Waals surface area contributed by atoms with E-state index in [9.17, 15) is 29.3 Å². The van der Waals surface area contributed by atoms with Gasteiger partial charge >= 0.3 is 5.97 Å². The Morgan fingerprint density at radius 2 is 1.58 bits per heavy atom. The molecule has 9 nitrogen and oxygen atoms in total. The fourth-order valence-electron chi connectivity index (χ4n) is 3.28. The third-order valence-electron chi connectivity index (χ3n) is 4.92. The number of imide groups is 1. The van der Waals surface area contributed by atoms with Gasteiger partial charge in [0, 0.05) is 22.2 Å². The van der Waals surface area contributed by atoms with E-state index in [-0.39, 0.29) is 28.1 Å². The third kappa shape index (κ3) is 4.28. The van der Waals surface area contributed by atoms with Gasteiger partial charge in [-0.25, -0.2) is 9.69 Å². The summed E-state index contributed by atoms with van der Waals surface area (Å²) < 4.78 is 5.86. The van der Waals surface area contributed by atoms with E-state index in [2.05, 4.69) is 15.9 Å². The average molecular weight is 509 g/mol. The first-order valence-corrected chi connectivity index (χ1v) is 10.3. The standard InChI is InChI=1S/C23H13BrN2O7/c24-15-7-4-13(5-8-15)20(27)12-33-23(30)14-6-9-18-19(10-14)22(29)25(21(18)28)16-2-1-3-17(11-16)26(31)32/h1-11H,12H2. The molecule has 4 rings (SSSR count). The van der Waals surface area contributed by atoms with Crippen molar-refractivity contribution < 1.29 is 28.8 Å². The molecule has 0 saturated heterocycles. The molecule has 0 fully saturated rings. The maximum absolute atomic E-state index is 12.9. The Balaban J connectivity index is 1.52. The Kier molecular flexibility index (Phi) is 5.84. The molecule has 2 amide bonds. The number of hydrogen-bond acceptors (Lipinski definition) is 7. The Hall–Kier alpha value is -4.18. The summed E-state index contributed by atoms with van der Waals surface area (Å²) in [7, 11) is 0. The van der Waals surface area contributed by atoms with Crippen molar-refractivity contribution >= 4 is 50.9 Å². The molecule has 1 aliphatic heterocycles. The van der Waals surface area contributed by atoms with E-state index in [0.717, 1.165) is 15.4 Å². The number of nitrogens with zero attached hydrogens (tertiary/aromatic N) is 2. The first-order valence-electron chi connectivity index (χ1n) is 9.49. The molecule has 10 heteroatoms. The van der Waals surface area contributed by atoms with Crippen molar-refractivity contribution in [3.63, 3.8) is 0 Å². The van der Waals surface area contributed by atoms with Crippen LogP contribution in [0.4, 0.5) is 11.4 Å². The summed E-state index contributed by atoms with van der Waals surface area (Å²) >= 11 is 3.27. The van der Waals surface area contributed by atoms with Gasteiger partial charge in [0.2, 0.25) is 0 Å². The van der Waals surface area contributed by atoms with Gasteiger partial charge in [0.1, 0.15) is 0 Å². The maximum Gasteiger partial charge on any atom is 0.338 e. The molecular formula is C23H13BrN2O7. The molecule has 33 heavy (non-hydrogen) atoms. The van der Waals surface area contributed by atoms with Crippen LogP contribution in [0.15, 0.2) is 71.2 Å². The number of carbonyl (C=O) groups is 4. The summed E-state index contributed by atoms with van der Waals surface area (Å²) in [6.07, 6.45) is 0. The van der Waals surface area contributed by atoms with Crippen LogP contribution >= 0.6 is 15.9 Å². The van der Waals surface area contributed by atoms with Crippen molar-refractivity contribution in [2.45, 2.75) is 0 Å². The number of nitro benzene ring substituents is 1. The Morgan fingerprint density at radius 1 is 0.909 bits per heavy atom. The summed E-state index contributed by atoms with van der Waals surface area (Å²) in [5.74, 6) is -2.63. The number of halogens is 1. The Labute approximate surface area is 194 Å². The van der Waals surface area contributed by atoms with Gasteiger partial charge < -0.3 is 4.74 Å². The number of fused-ring (bicyclic) bond motifs is 1. The molecule has 164 valence electrons. The van der Waals surface area contributed by atoms with Crippen LogP contribution in [0.3, 0.4) is 0 Å². The van der Waals surface area contributed by atoms with Crippen molar-refractivity contribution in [2.75, 3.05) is 11.5 Å². The second kappa shape index (κ2) is 8.75. The molecule has 0 bridgehead atoms. The number of Topliss-reactive ketones (excluding diaryl/α,β-unsaturated/α-hetero) is 1. The van der Waals surface area contributed by atoms with Crippen LogP contribution in [-0.2, 0) is 4.74 Å². The average Bonchev–Trinajstić information content (AvgIpc) is 3.07. The number of carbonyl (C=O) groups excluding carboxylic acids is 4. The van der Waals surface area contributed by atoms with Crippen molar-refractivity contribution in [3.8, 4) is 0 Å². The Bertz CT molecular complexity index is 1330. The van der Waals surface area contributed by atoms with Crippen molar-refractivity contribution in [1.29, 1.82) is 0 Å². The molecule has 0 saturated carbocycles. The molecule has 1 heterocycles. The second-order valence-electron chi connectivity index (χ2n) is 6.99. The van der Waals surface area contributed by atoms with E-state index in [4.69, 9.17) is 4.74 Å². The Morgan fingerprint density at radius 3 is 2.27 bits per heavy atom.